The van der Waals surface area contributed by atoms with Crippen molar-refractivity contribution >= 4 is 27.2 Å². The van der Waals surface area contributed by atoms with Crippen molar-refractivity contribution in [2.45, 2.75) is 39.4 Å². The molecule has 0 unspecified atom stereocenters. The third kappa shape index (κ3) is 2.61. The van der Waals surface area contributed by atoms with Gasteiger partial charge in [0.05, 0.1) is 24.7 Å². The molecule has 0 aliphatic carbocycles. The van der Waals surface area contributed by atoms with Gasteiger partial charge in [-0.25, -0.2) is 9.97 Å². The van der Waals surface area contributed by atoms with E-state index in [0.29, 0.717) is 12.4 Å². The molecule has 4 heterocycles. The Labute approximate surface area is 160 Å². The molecule has 0 saturated carbocycles. The third-order valence-corrected chi connectivity index (χ3v) is 6.10. The predicted octanol–water partition coefficient (Wildman–Crippen LogP) is 4.17. The molecule has 6 nitrogen and oxygen atoms in total. The van der Waals surface area contributed by atoms with E-state index < -0.39 is 0 Å². The van der Waals surface area contributed by atoms with Crippen LogP contribution in [0.15, 0.2) is 24.3 Å². The van der Waals surface area contributed by atoms with Gasteiger partial charge in [-0.2, -0.15) is 4.52 Å². The Morgan fingerprint density at radius 1 is 1.26 bits per heavy atom. The van der Waals surface area contributed by atoms with Gasteiger partial charge >= 0.3 is 0 Å². The van der Waals surface area contributed by atoms with Crippen LogP contribution in [0.5, 0.6) is 5.75 Å². The van der Waals surface area contributed by atoms with Crippen LogP contribution in [0.4, 0.5) is 0 Å². The van der Waals surface area contributed by atoms with Crippen LogP contribution < -0.4 is 4.74 Å². The van der Waals surface area contributed by atoms with Gasteiger partial charge in [0.2, 0.25) is 0 Å². The molecule has 138 valence electrons. The molecule has 0 fully saturated rings. The number of thiophene rings is 1. The molecule has 27 heavy (non-hydrogen) atoms. The monoisotopic (exact) mass is 380 g/mol. The summed E-state index contributed by atoms with van der Waals surface area (Å²) in [7, 11) is 1.66. The Morgan fingerprint density at radius 3 is 2.93 bits per heavy atom. The van der Waals surface area contributed by atoms with Crippen molar-refractivity contribution in [2.24, 2.45) is 0 Å². The molecular formula is C20H20N4O2S. The number of nitrogens with zero attached hydrogens (tertiary/aromatic N) is 4. The van der Waals surface area contributed by atoms with Crippen LogP contribution in [0.25, 0.3) is 27.3 Å². The number of ether oxygens (including phenoxy) is 2. The van der Waals surface area contributed by atoms with Crippen LogP contribution in [0.2, 0.25) is 0 Å². The summed E-state index contributed by atoms with van der Waals surface area (Å²) in [5.74, 6) is 2.30. The van der Waals surface area contributed by atoms with Gasteiger partial charge in [-0.3, -0.25) is 0 Å². The van der Waals surface area contributed by atoms with E-state index in [1.165, 1.54) is 10.4 Å². The minimum atomic E-state index is -0.182. The maximum atomic E-state index is 5.99. The highest BCUT2D eigenvalue weighted by molar-refractivity contribution is 7.19. The molecule has 0 saturated heterocycles. The SMILES string of the molecule is COc1cccc(-c2nc3c4c5c(sc4nc(C)n3n2)COC(C)(C)C5)c1. The Balaban J connectivity index is 1.77. The number of benzene rings is 1. The van der Waals surface area contributed by atoms with E-state index in [1.807, 2.05) is 35.7 Å². The van der Waals surface area contributed by atoms with Crippen LogP contribution in [0.1, 0.15) is 30.1 Å². The molecule has 0 radical (unpaired) electrons. The van der Waals surface area contributed by atoms with Crippen molar-refractivity contribution in [3.8, 4) is 17.1 Å². The second-order valence-electron chi connectivity index (χ2n) is 7.47. The first-order valence-corrected chi connectivity index (χ1v) is 9.73. The highest BCUT2D eigenvalue weighted by atomic mass is 32.1. The fourth-order valence-electron chi connectivity index (χ4n) is 3.63. The van der Waals surface area contributed by atoms with E-state index in [1.54, 1.807) is 18.4 Å². The molecule has 0 atom stereocenters. The lowest BCUT2D eigenvalue weighted by Gasteiger charge is -2.30. The molecule has 0 amide bonds. The molecule has 1 aliphatic heterocycles. The van der Waals surface area contributed by atoms with Crippen LogP contribution in [-0.4, -0.2) is 32.3 Å². The number of hydrogen-bond donors (Lipinski definition) is 0. The normalized spacial score (nSPS) is 16.0. The van der Waals surface area contributed by atoms with E-state index in [2.05, 4.69) is 13.8 Å². The molecule has 0 N–H and O–H groups in total. The lowest BCUT2D eigenvalue weighted by Crippen LogP contribution is -2.31. The van der Waals surface area contributed by atoms with Gasteiger partial charge in [-0.05, 0) is 38.5 Å². The van der Waals surface area contributed by atoms with Crippen molar-refractivity contribution in [1.82, 2.24) is 19.6 Å². The fraction of sp³-hybridized carbons (Fsp3) is 0.350. The summed E-state index contributed by atoms with van der Waals surface area (Å²) in [6, 6.07) is 7.82. The Morgan fingerprint density at radius 2 is 2.11 bits per heavy atom. The molecule has 5 rings (SSSR count). The summed E-state index contributed by atoms with van der Waals surface area (Å²) in [6.45, 7) is 6.86. The van der Waals surface area contributed by atoms with Gasteiger partial charge in [-0.1, -0.05) is 12.1 Å². The van der Waals surface area contributed by atoms with Gasteiger partial charge in [0.1, 0.15) is 16.4 Å². The first-order valence-electron chi connectivity index (χ1n) is 8.91. The van der Waals surface area contributed by atoms with E-state index >= 15 is 0 Å². The van der Waals surface area contributed by atoms with Gasteiger partial charge in [-0.15, -0.1) is 16.4 Å². The Kier molecular flexibility index (Phi) is 3.54. The summed E-state index contributed by atoms with van der Waals surface area (Å²) in [5, 5.41) is 5.84. The molecule has 1 aliphatic rings. The highest BCUT2D eigenvalue weighted by Crippen LogP contribution is 2.40. The van der Waals surface area contributed by atoms with Crippen molar-refractivity contribution in [2.75, 3.05) is 7.11 Å². The molecular weight excluding hydrogens is 360 g/mol. The Bertz CT molecular complexity index is 1190. The lowest BCUT2D eigenvalue weighted by molar-refractivity contribution is -0.0379. The lowest BCUT2D eigenvalue weighted by atomic mass is 9.94. The highest BCUT2D eigenvalue weighted by Gasteiger charge is 2.31. The minimum absolute atomic E-state index is 0.182. The smallest absolute Gasteiger partial charge is 0.182 e. The first-order chi connectivity index (χ1) is 12.9. The van der Waals surface area contributed by atoms with E-state index in [0.717, 1.165) is 39.4 Å². The van der Waals surface area contributed by atoms with Crippen LogP contribution in [-0.2, 0) is 17.8 Å². The maximum Gasteiger partial charge on any atom is 0.182 e. The predicted molar refractivity (Wildman–Crippen MR) is 105 cm³/mol. The molecule has 3 aromatic heterocycles. The summed E-state index contributed by atoms with van der Waals surface area (Å²) >= 11 is 1.70. The van der Waals surface area contributed by atoms with Crippen molar-refractivity contribution in [3.63, 3.8) is 0 Å². The molecule has 1 aromatic carbocycles. The summed E-state index contributed by atoms with van der Waals surface area (Å²) in [5.41, 5.74) is 2.91. The average Bonchev–Trinajstić information content (AvgIpc) is 3.22. The third-order valence-electron chi connectivity index (χ3n) is 5.00. The van der Waals surface area contributed by atoms with Crippen LogP contribution >= 0.6 is 11.3 Å². The van der Waals surface area contributed by atoms with Gasteiger partial charge in [0.25, 0.3) is 0 Å². The Hall–Kier alpha value is -2.51. The molecule has 7 heteroatoms. The van der Waals surface area contributed by atoms with E-state index in [-0.39, 0.29) is 5.60 Å². The number of aryl methyl sites for hydroxylation is 1. The average molecular weight is 380 g/mol. The minimum Gasteiger partial charge on any atom is -0.497 e. The van der Waals surface area contributed by atoms with Crippen molar-refractivity contribution in [1.29, 1.82) is 0 Å². The van der Waals surface area contributed by atoms with Crippen molar-refractivity contribution in [3.05, 3.63) is 40.5 Å². The largest absolute Gasteiger partial charge is 0.497 e. The molecule has 0 spiro atoms. The number of hydrogen-bond acceptors (Lipinski definition) is 6. The van der Waals surface area contributed by atoms with E-state index in [9.17, 15) is 0 Å². The number of fused-ring (bicyclic) bond motifs is 5. The fourth-order valence-corrected chi connectivity index (χ4v) is 4.77. The van der Waals surface area contributed by atoms with Crippen LogP contribution in [0, 0.1) is 6.92 Å². The van der Waals surface area contributed by atoms with Gasteiger partial charge < -0.3 is 9.47 Å². The topological polar surface area (TPSA) is 61.5 Å². The zero-order valence-corrected chi connectivity index (χ0v) is 16.6. The van der Waals surface area contributed by atoms with E-state index in [4.69, 9.17) is 24.5 Å². The quantitative estimate of drug-likeness (QED) is 0.522. The van der Waals surface area contributed by atoms with Gasteiger partial charge in [0, 0.05) is 16.9 Å². The second kappa shape index (κ2) is 5.74. The first kappa shape index (κ1) is 16.6. The summed E-state index contributed by atoms with van der Waals surface area (Å²) in [4.78, 5) is 11.9. The number of aromatic nitrogens is 4. The van der Waals surface area contributed by atoms with Crippen molar-refractivity contribution < 1.29 is 9.47 Å². The maximum absolute atomic E-state index is 5.99. The molecule has 0 bridgehead atoms. The zero-order valence-electron chi connectivity index (χ0n) is 15.7. The molecule has 4 aromatic rings. The van der Waals surface area contributed by atoms with Crippen LogP contribution in [0.3, 0.4) is 0 Å². The standard InChI is InChI=1S/C20H20N4O2S/c1-11-21-19-16(14-9-20(2,3)26-10-15(14)27-19)18-22-17(23-24(11)18)12-6-5-7-13(8-12)25-4/h5-8H,9-10H2,1-4H3. The summed E-state index contributed by atoms with van der Waals surface area (Å²) in [6.07, 6.45) is 0.851. The zero-order chi connectivity index (χ0) is 18.8. The second-order valence-corrected chi connectivity index (χ2v) is 8.55. The number of methoxy groups -OCH3 is 1. The summed E-state index contributed by atoms with van der Waals surface area (Å²) < 4.78 is 13.2. The van der Waals surface area contributed by atoms with Gasteiger partial charge in [0.15, 0.2) is 11.5 Å². The number of rotatable bonds is 2.